The Morgan fingerprint density at radius 2 is 1.54 bits per heavy atom. The molecule has 202 valence electrons. The molecule has 2 saturated heterocycles. The van der Waals surface area contributed by atoms with E-state index in [4.69, 9.17) is 14.5 Å². The highest BCUT2D eigenvalue weighted by Gasteiger charge is 2.26. The first-order chi connectivity index (χ1) is 19.0. The Morgan fingerprint density at radius 3 is 2.26 bits per heavy atom. The molecule has 0 saturated carbocycles. The van der Waals surface area contributed by atoms with Crippen molar-refractivity contribution in [1.82, 2.24) is 9.29 Å². The average Bonchev–Trinajstić information content (AvgIpc) is 3.42. The van der Waals surface area contributed by atoms with Crippen LogP contribution in [0.4, 0.5) is 10.8 Å². The number of esters is 1. The summed E-state index contributed by atoms with van der Waals surface area (Å²) < 4.78 is 38.8. The smallest absolute Gasteiger partial charge is 0.343 e. The minimum atomic E-state index is -3.62. The molecule has 1 aromatic heterocycles. The number of anilines is 2. The van der Waals surface area contributed by atoms with Crippen molar-refractivity contribution in [2.75, 3.05) is 62.3 Å². The lowest BCUT2D eigenvalue weighted by atomic mass is 10.2. The van der Waals surface area contributed by atoms with Crippen LogP contribution in [0.5, 0.6) is 5.75 Å². The molecule has 0 bridgehead atoms. The molecule has 9 nitrogen and oxygen atoms in total. The summed E-state index contributed by atoms with van der Waals surface area (Å²) in [5, 5.41) is 0.957. The van der Waals surface area contributed by atoms with Gasteiger partial charge in [0, 0.05) is 51.0 Å². The number of hydrogen-bond donors (Lipinski definition) is 0. The lowest BCUT2D eigenvalue weighted by Crippen LogP contribution is -2.46. The molecule has 0 spiro atoms. The highest BCUT2D eigenvalue weighted by Crippen LogP contribution is 2.32. The predicted octanol–water partition coefficient (Wildman–Crippen LogP) is 3.86. The van der Waals surface area contributed by atoms with Crippen molar-refractivity contribution in [3.05, 3.63) is 78.4 Å². The van der Waals surface area contributed by atoms with Crippen molar-refractivity contribution in [3.8, 4) is 5.75 Å². The molecule has 0 unspecified atom stereocenters. The largest absolute Gasteiger partial charge is 0.423 e. The van der Waals surface area contributed by atoms with Gasteiger partial charge in [-0.15, -0.1) is 0 Å². The quantitative estimate of drug-likeness (QED) is 0.258. The Morgan fingerprint density at radius 1 is 0.846 bits per heavy atom. The molecular weight excluding hydrogens is 536 g/mol. The van der Waals surface area contributed by atoms with E-state index in [1.54, 1.807) is 17.4 Å². The van der Waals surface area contributed by atoms with Gasteiger partial charge in [0.05, 0.1) is 33.9 Å². The maximum Gasteiger partial charge on any atom is 0.343 e. The topological polar surface area (TPSA) is 92.3 Å². The van der Waals surface area contributed by atoms with Gasteiger partial charge in [-0.05, 0) is 48.5 Å². The minimum absolute atomic E-state index is 0.143. The number of para-hydroxylation sites is 1. The van der Waals surface area contributed by atoms with E-state index in [0.717, 1.165) is 41.5 Å². The molecule has 0 N–H and O–H groups in total. The second-order valence-electron chi connectivity index (χ2n) is 9.37. The van der Waals surface area contributed by atoms with Crippen molar-refractivity contribution < 1.29 is 22.7 Å². The van der Waals surface area contributed by atoms with E-state index in [1.165, 1.54) is 34.3 Å². The fraction of sp³-hybridized carbons (Fsp3) is 0.286. The number of fused-ring (bicyclic) bond motifs is 1. The number of benzene rings is 3. The number of carbonyl (C=O) groups excluding carboxylic acids is 1. The van der Waals surface area contributed by atoms with E-state index in [-0.39, 0.29) is 10.5 Å². The van der Waals surface area contributed by atoms with E-state index in [2.05, 4.69) is 34.1 Å². The van der Waals surface area contributed by atoms with Crippen molar-refractivity contribution in [1.29, 1.82) is 0 Å². The molecule has 2 aliphatic rings. The first-order valence-electron chi connectivity index (χ1n) is 12.8. The monoisotopic (exact) mass is 564 g/mol. The molecule has 11 heteroatoms. The van der Waals surface area contributed by atoms with Crippen molar-refractivity contribution in [2.24, 2.45) is 0 Å². The second kappa shape index (κ2) is 10.9. The number of aromatic nitrogens is 1. The number of nitrogens with zero attached hydrogens (tertiary/aromatic N) is 4. The van der Waals surface area contributed by atoms with Crippen molar-refractivity contribution >= 4 is 48.4 Å². The Hall–Kier alpha value is -3.51. The molecule has 2 fully saturated rings. The molecule has 4 aromatic rings. The molecular formula is C28H28N4O5S2. The maximum atomic E-state index is 12.8. The number of thiazole rings is 1. The van der Waals surface area contributed by atoms with Crippen LogP contribution in [0.1, 0.15) is 10.4 Å². The fourth-order valence-corrected chi connectivity index (χ4v) is 7.20. The number of morpholine rings is 1. The Kier molecular flexibility index (Phi) is 7.22. The number of piperazine rings is 1. The summed E-state index contributed by atoms with van der Waals surface area (Å²) in [6.45, 7) is 5.00. The standard InChI is InChI=1S/C28H28N4O5S2/c33-27(21-6-9-24(10-7-21)39(34,35)32-16-18-36-19-17-32)37-23-8-11-25-26(20-23)38-28(29-25)31-14-12-30(13-15-31)22-4-2-1-3-5-22/h1-11,20H,12-19H2. The number of carbonyl (C=O) groups is 1. The minimum Gasteiger partial charge on any atom is -0.423 e. The zero-order chi connectivity index (χ0) is 26.8. The maximum absolute atomic E-state index is 12.8. The van der Waals surface area contributed by atoms with Crippen LogP contribution in [-0.4, -0.2) is 76.2 Å². The number of sulfonamides is 1. The van der Waals surface area contributed by atoms with Crippen LogP contribution in [0, 0.1) is 0 Å². The molecule has 0 atom stereocenters. The lowest BCUT2D eigenvalue weighted by molar-refractivity contribution is 0.0730. The van der Waals surface area contributed by atoms with Crippen LogP contribution in [0.3, 0.4) is 0 Å². The summed E-state index contributed by atoms with van der Waals surface area (Å²) >= 11 is 1.58. The van der Waals surface area contributed by atoms with Gasteiger partial charge in [-0.25, -0.2) is 18.2 Å². The van der Waals surface area contributed by atoms with E-state index >= 15 is 0 Å². The SMILES string of the molecule is O=C(Oc1ccc2nc(N3CCN(c4ccccc4)CC3)sc2c1)c1ccc(S(=O)(=O)N2CCOCC2)cc1. The summed E-state index contributed by atoms with van der Waals surface area (Å²) in [6.07, 6.45) is 0. The zero-order valence-electron chi connectivity index (χ0n) is 21.2. The van der Waals surface area contributed by atoms with Gasteiger partial charge in [-0.3, -0.25) is 0 Å². The van der Waals surface area contributed by atoms with Crippen LogP contribution in [-0.2, 0) is 14.8 Å². The summed E-state index contributed by atoms with van der Waals surface area (Å²) in [4.78, 5) is 22.4. The summed E-state index contributed by atoms with van der Waals surface area (Å²) in [5.74, 6) is -0.131. The molecule has 0 aliphatic carbocycles. The van der Waals surface area contributed by atoms with E-state index in [0.29, 0.717) is 32.1 Å². The van der Waals surface area contributed by atoms with Crippen molar-refractivity contribution in [2.45, 2.75) is 4.90 Å². The van der Waals surface area contributed by atoms with Gasteiger partial charge in [0.1, 0.15) is 5.75 Å². The molecule has 0 amide bonds. The Bertz CT molecular complexity index is 1560. The summed E-state index contributed by atoms with van der Waals surface area (Å²) in [5.41, 5.74) is 2.37. The predicted molar refractivity (Wildman–Crippen MR) is 151 cm³/mol. The third-order valence-electron chi connectivity index (χ3n) is 6.93. The Balaban J connectivity index is 1.10. The third kappa shape index (κ3) is 5.48. The Labute approximate surface area is 231 Å². The molecule has 3 heterocycles. The van der Waals surface area contributed by atoms with Crippen LogP contribution in [0.25, 0.3) is 10.2 Å². The molecule has 0 radical (unpaired) electrons. The second-order valence-corrected chi connectivity index (χ2v) is 12.3. The van der Waals surface area contributed by atoms with E-state index in [1.807, 2.05) is 18.2 Å². The average molecular weight is 565 g/mol. The van der Waals surface area contributed by atoms with E-state index < -0.39 is 16.0 Å². The van der Waals surface area contributed by atoms with Gasteiger partial charge < -0.3 is 19.3 Å². The van der Waals surface area contributed by atoms with Gasteiger partial charge in [0.25, 0.3) is 0 Å². The number of hydrogen-bond acceptors (Lipinski definition) is 9. The van der Waals surface area contributed by atoms with Crippen LogP contribution in [0.15, 0.2) is 77.7 Å². The zero-order valence-corrected chi connectivity index (χ0v) is 22.9. The molecule has 3 aromatic carbocycles. The highest BCUT2D eigenvalue weighted by atomic mass is 32.2. The lowest BCUT2D eigenvalue weighted by Gasteiger charge is -2.35. The van der Waals surface area contributed by atoms with Crippen LogP contribution >= 0.6 is 11.3 Å². The van der Waals surface area contributed by atoms with Gasteiger partial charge in [0.15, 0.2) is 5.13 Å². The summed E-state index contributed by atoms with van der Waals surface area (Å²) in [6, 6.07) is 21.7. The number of ether oxygens (including phenoxy) is 2. The van der Waals surface area contributed by atoms with Gasteiger partial charge in [-0.2, -0.15) is 4.31 Å². The third-order valence-corrected chi connectivity index (χ3v) is 9.92. The van der Waals surface area contributed by atoms with Crippen LogP contribution in [0.2, 0.25) is 0 Å². The highest BCUT2D eigenvalue weighted by molar-refractivity contribution is 7.89. The van der Waals surface area contributed by atoms with Crippen molar-refractivity contribution in [3.63, 3.8) is 0 Å². The van der Waals surface area contributed by atoms with Gasteiger partial charge in [0.2, 0.25) is 10.0 Å². The first kappa shape index (κ1) is 25.8. The molecule has 39 heavy (non-hydrogen) atoms. The van der Waals surface area contributed by atoms with Crippen LogP contribution < -0.4 is 14.5 Å². The summed E-state index contributed by atoms with van der Waals surface area (Å²) in [7, 11) is -3.62. The van der Waals surface area contributed by atoms with Gasteiger partial charge >= 0.3 is 5.97 Å². The molecule has 2 aliphatic heterocycles. The first-order valence-corrected chi connectivity index (χ1v) is 15.1. The fourth-order valence-electron chi connectivity index (χ4n) is 4.75. The molecule has 6 rings (SSSR count). The van der Waals surface area contributed by atoms with Gasteiger partial charge in [-0.1, -0.05) is 29.5 Å². The normalized spacial score (nSPS) is 16.9. The number of rotatable bonds is 6. The van der Waals surface area contributed by atoms with E-state index in [9.17, 15) is 13.2 Å².